The van der Waals surface area contributed by atoms with E-state index in [-0.39, 0.29) is 25.7 Å². The highest BCUT2D eigenvalue weighted by molar-refractivity contribution is 7.47. The first-order chi connectivity index (χ1) is 46.7. The lowest BCUT2D eigenvalue weighted by atomic mass is 10.0. The molecule has 0 fully saturated rings. The maximum absolute atomic E-state index is 13.1. The van der Waals surface area contributed by atoms with Gasteiger partial charge >= 0.3 is 39.5 Å². The molecule has 0 aliphatic rings. The van der Waals surface area contributed by atoms with Crippen LogP contribution in [0.4, 0.5) is 0 Å². The minimum Gasteiger partial charge on any atom is -0.462 e. The zero-order valence-corrected chi connectivity index (χ0v) is 62.3. The first-order valence-electron chi connectivity index (χ1n) is 37.8. The van der Waals surface area contributed by atoms with Gasteiger partial charge in [-0.3, -0.25) is 37.3 Å². The van der Waals surface area contributed by atoms with Crippen LogP contribution in [-0.2, 0) is 65.4 Å². The summed E-state index contributed by atoms with van der Waals surface area (Å²) in [4.78, 5) is 72.8. The van der Waals surface area contributed by atoms with Crippen LogP contribution in [0.15, 0.2) is 85.1 Å². The fourth-order valence-electron chi connectivity index (χ4n) is 10.1. The van der Waals surface area contributed by atoms with Gasteiger partial charge < -0.3 is 33.8 Å². The zero-order valence-electron chi connectivity index (χ0n) is 60.5. The van der Waals surface area contributed by atoms with Crippen LogP contribution < -0.4 is 0 Å². The molecule has 5 unspecified atom stereocenters. The number of unbranched alkanes of at least 4 members (excludes halogenated alkanes) is 31. The average Bonchev–Trinajstić information content (AvgIpc) is 3.12. The maximum Gasteiger partial charge on any atom is 0.472 e. The van der Waals surface area contributed by atoms with E-state index in [2.05, 4.69) is 113 Å². The second kappa shape index (κ2) is 69.7. The first kappa shape index (κ1) is 92.2. The number of aliphatic hydroxyl groups is 1. The summed E-state index contributed by atoms with van der Waals surface area (Å²) in [6.07, 6.45) is 70.0. The summed E-state index contributed by atoms with van der Waals surface area (Å²) < 4.78 is 68.4. The molecule has 96 heavy (non-hydrogen) atoms. The molecule has 0 heterocycles. The number of carbonyl (C=O) groups excluding carboxylic acids is 4. The average molecular weight is 1400 g/mol. The molecule has 5 atom stereocenters. The lowest BCUT2D eigenvalue weighted by molar-refractivity contribution is -0.161. The van der Waals surface area contributed by atoms with Gasteiger partial charge in [0.1, 0.15) is 19.3 Å². The van der Waals surface area contributed by atoms with Crippen LogP contribution in [0.2, 0.25) is 0 Å². The molecule has 0 spiro atoms. The van der Waals surface area contributed by atoms with Crippen LogP contribution in [0.25, 0.3) is 0 Å². The van der Waals surface area contributed by atoms with E-state index in [1.54, 1.807) is 0 Å². The van der Waals surface area contributed by atoms with Crippen LogP contribution in [-0.4, -0.2) is 96.7 Å². The van der Waals surface area contributed by atoms with Gasteiger partial charge in [0, 0.05) is 25.7 Å². The van der Waals surface area contributed by atoms with Crippen LogP contribution in [0.3, 0.4) is 0 Å². The Morgan fingerprint density at radius 3 is 0.896 bits per heavy atom. The molecule has 19 heteroatoms. The SMILES string of the molecule is CC/C=C\C/C=C\C/C=C\C/C=C\CCCCCCC(=O)OCC(COP(=O)(O)OCC(O)COP(=O)(O)OCC(COC(=O)CCCCCCC/C=C\C/C=C\CCC)OC(=O)CCCCCCC/C=C\CCCCCC)OC(=O)CCCCCCCCCCCCCCC. The van der Waals surface area contributed by atoms with Gasteiger partial charge in [0.2, 0.25) is 0 Å². The van der Waals surface area contributed by atoms with E-state index < -0.39 is 97.5 Å². The number of phosphoric ester groups is 2. The Bertz CT molecular complexity index is 2160. The second-order valence-electron chi connectivity index (χ2n) is 25.2. The molecule has 0 amide bonds. The molecule has 0 aromatic rings. The van der Waals surface area contributed by atoms with Crippen molar-refractivity contribution in [1.29, 1.82) is 0 Å². The van der Waals surface area contributed by atoms with E-state index >= 15 is 0 Å². The van der Waals surface area contributed by atoms with Crippen molar-refractivity contribution in [3.8, 4) is 0 Å². The Morgan fingerprint density at radius 1 is 0.302 bits per heavy atom. The van der Waals surface area contributed by atoms with Crippen molar-refractivity contribution in [2.45, 2.75) is 341 Å². The molecule has 0 aromatic heterocycles. The zero-order chi connectivity index (χ0) is 70.4. The molecule has 0 rings (SSSR count). The number of phosphoric acid groups is 2. The largest absolute Gasteiger partial charge is 0.472 e. The summed E-state index contributed by atoms with van der Waals surface area (Å²) in [5.41, 5.74) is 0. The monoisotopic (exact) mass is 1390 g/mol. The van der Waals surface area contributed by atoms with Crippen LogP contribution in [0.5, 0.6) is 0 Å². The summed E-state index contributed by atoms with van der Waals surface area (Å²) >= 11 is 0. The molecule has 0 aliphatic carbocycles. The molecule has 0 aliphatic heterocycles. The summed E-state index contributed by atoms with van der Waals surface area (Å²) in [5.74, 6) is -2.21. The highest BCUT2D eigenvalue weighted by atomic mass is 31.2. The molecule has 0 bridgehead atoms. The van der Waals surface area contributed by atoms with Crippen LogP contribution in [0, 0.1) is 0 Å². The number of ether oxygens (including phenoxy) is 4. The fourth-order valence-corrected chi connectivity index (χ4v) is 11.6. The molecule has 17 nitrogen and oxygen atoms in total. The smallest absolute Gasteiger partial charge is 0.462 e. The fraction of sp³-hybridized carbons (Fsp3) is 0.766. The van der Waals surface area contributed by atoms with Crippen LogP contribution in [0.1, 0.15) is 323 Å². The van der Waals surface area contributed by atoms with Crippen LogP contribution >= 0.6 is 15.6 Å². The van der Waals surface area contributed by atoms with Crippen molar-refractivity contribution in [2.75, 3.05) is 39.6 Å². The number of esters is 4. The Morgan fingerprint density at radius 2 is 0.562 bits per heavy atom. The van der Waals surface area contributed by atoms with E-state index in [9.17, 15) is 43.2 Å². The van der Waals surface area contributed by atoms with Gasteiger partial charge in [-0.15, -0.1) is 0 Å². The van der Waals surface area contributed by atoms with Crippen molar-refractivity contribution in [3.63, 3.8) is 0 Å². The molecular formula is C77H136O17P2. The van der Waals surface area contributed by atoms with Gasteiger partial charge in [0.05, 0.1) is 26.4 Å². The Labute approximate surface area is 583 Å². The number of rotatable bonds is 71. The molecule has 0 saturated heterocycles. The number of hydrogen-bond donors (Lipinski definition) is 3. The van der Waals surface area contributed by atoms with Crippen molar-refractivity contribution in [2.24, 2.45) is 0 Å². The standard InChI is InChI=1S/C77H136O17P2/c1-5-9-13-17-21-25-29-33-34-35-36-40-42-46-50-54-58-62-75(80)88-68-73(94-77(82)64-60-56-52-48-44-39-32-28-24-20-16-12-8-4)70-92-96(85,86)90-66-71(78)65-89-95(83,84)91-69-72(93-76(81)63-59-55-51-47-43-38-31-27-23-19-15-11-7-3)67-87-74(79)61-57-53-49-45-41-37-30-26-22-18-14-10-6-2/h9,13-14,18,21,25-27,30-31,33-34,36,40,71-73,78H,5-8,10-12,15-17,19-20,22-24,28-29,32,35,37-39,41-70H2,1-4H3,(H,83,84)(H,85,86)/b13-9-,18-14-,25-21-,30-26-,31-27-,34-33-,40-36-. The highest BCUT2D eigenvalue weighted by Gasteiger charge is 2.30. The van der Waals surface area contributed by atoms with E-state index in [0.717, 1.165) is 167 Å². The van der Waals surface area contributed by atoms with Gasteiger partial charge in [-0.25, -0.2) is 9.13 Å². The quantitative estimate of drug-likeness (QED) is 0.0169. The summed E-state index contributed by atoms with van der Waals surface area (Å²) in [7, 11) is -9.95. The van der Waals surface area contributed by atoms with Crippen molar-refractivity contribution < 1.29 is 80.2 Å². The molecule has 556 valence electrons. The van der Waals surface area contributed by atoms with Gasteiger partial charge in [-0.05, 0) is 116 Å². The third-order valence-electron chi connectivity index (χ3n) is 15.8. The van der Waals surface area contributed by atoms with Gasteiger partial charge in [-0.1, -0.05) is 267 Å². The van der Waals surface area contributed by atoms with E-state index in [0.29, 0.717) is 25.7 Å². The Hall–Kier alpha value is -3.76. The highest BCUT2D eigenvalue weighted by Crippen LogP contribution is 2.45. The molecular weight excluding hydrogens is 1260 g/mol. The Balaban J connectivity index is 5.35. The van der Waals surface area contributed by atoms with E-state index in [1.165, 1.54) is 77.0 Å². The molecule has 0 saturated carbocycles. The number of hydrogen-bond acceptors (Lipinski definition) is 15. The second-order valence-corrected chi connectivity index (χ2v) is 28.1. The van der Waals surface area contributed by atoms with E-state index in [1.807, 2.05) is 0 Å². The number of aliphatic hydroxyl groups excluding tert-OH is 1. The lowest BCUT2D eigenvalue weighted by Crippen LogP contribution is -2.30. The predicted octanol–water partition coefficient (Wildman–Crippen LogP) is 21.4. The summed E-state index contributed by atoms with van der Waals surface area (Å²) in [6.45, 7) is 4.65. The Kier molecular flexibility index (Phi) is 67.0. The lowest BCUT2D eigenvalue weighted by Gasteiger charge is -2.21. The molecule has 3 N–H and O–H groups in total. The van der Waals surface area contributed by atoms with Gasteiger partial charge in [-0.2, -0.15) is 0 Å². The summed E-state index contributed by atoms with van der Waals surface area (Å²) in [6, 6.07) is 0. The van der Waals surface area contributed by atoms with Crippen molar-refractivity contribution in [1.82, 2.24) is 0 Å². The predicted molar refractivity (Wildman–Crippen MR) is 390 cm³/mol. The van der Waals surface area contributed by atoms with E-state index in [4.69, 9.17) is 37.0 Å². The third-order valence-corrected chi connectivity index (χ3v) is 17.7. The first-order valence-corrected chi connectivity index (χ1v) is 40.8. The van der Waals surface area contributed by atoms with Gasteiger partial charge in [0.15, 0.2) is 12.2 Å². The van der Waals surface area contributed by atoms with Crippen molar-refractivity contribution in [3.05, 3.63) is 85.1 Å². The maximum atomic E-state index is 13.1. The topological polar surface area (TPSA) is 237 Å². The molecule has 0 aromatic carbocycles. The normalized spacial score (nSPS) is 14.4. The molecule has 0 radical (unpaired) electrons. The third kappa shape index (κ3) is 68.8. The number of carbonyl (C=O) groups is 4. The number of allylic oxidation sites excluding steroid dienone is 14. The summed E-state index contributed by atoms with van der Waals surface area (Å²) in [5, 5.41) is 10.6. The minimum atomic E-state index is -4.97. The van der Waals surface area contributed by atoms with Gasteiger partial charge in [0.25, 0.3) is 0 Å². The minimum absolute atomic E-state index is 0.0832. The van der Waals surface area contributed by atoms with Crippen molar-refractivity contribution >= 4 is 39.5 Å².